The highest BCUT2D eigenvalue weighted by molar-refractivity contribution is 7.90. The Morgan fingerprint density at radius 2 is 1.71 bits per heavy atom. The minimum Gasteiger partial charge on any atom is -0.449 e. The van der Waals surface area contributed by atoms with Gasteiger partial charge >= 0.3 is 5.97 Å². The van der Waals surface area contributed by atoms with Crippen LogP contribution < -0.4 is 0 Å². The van der Waals surface area contributed by atoms with Crippen LogP contribution in [0.4, 0.5) is 0 Å². The van der Waals surface area contributed by atoms with Gasteiger partial charge in [0, 0.05) is 11.8 Å². The molecule has 1 aromatic rings. The molecule has 0 amide bonds. The van der Waals surface area contributed by atoms with Crippen molar-refractivity contribution < 1.29 is 27.5 Å². The summed E-state index contributed by atoms with van der Waals surface area (Å²) in [6.07, 6.45) is 1.26. The molecule has 0 heterocycles. The van der Waals surface area contributed by atoms with E-state index in [-0.39, 0.29) is 35.4 Å². The number of sulfone groups is 1. The number of carbonyl (C=O) groups is 2. The molecule has 7 heteroatoms. The predicted octanol–water partition coefficient (Wildman–Crippen LogP) is 2.41. The maximum absolute atomic E-state index is 12.7. The topological polar surface area (TPSA) is 86.7 Å². The monoisotopic (exact) mass is 356 g/mol. The summed E-state index contributed by atoms with van der Waals surface area (Å²) in [6, 6.07) is 5.57. The van der Waals surface area contributed by atoms with Gasteiger partial charge in [-0.1, -0.05) is 6.92 Å². The maximum Gasteiger partial charge on any atom is 0.333 e. The van der Waals surface area contributed by atoms with E-state index in [1.165, 1.54) is 31.2 Å². The van der Waals surface area contributed by atoms with Crippen molar-refractivity contribution in [3.05, 3.63) is 29.8 Å². The van der Waals surface area contributed by atoms with E-state index in [9.17, 15) is 18.0 Å². The van der Waals surface area contributed by atoms with Gasteiger partial charge in [-0.15, -0.1) is 0 Å². The van der Waals surface area contributed by atoms with Crippen molar-refractivity contribution in [3.8, 4) is 0 Å². The van der Waals surface area contributed by atoms with Crippen LogP contribution in [0.2, 0.25) is 0 Å². The summed E-state index contributed by atoms with van der Waals surface area (Å²) < 4.78 is 33.4. The molecule has 0 aromatic heterocycles. The molecule has 0 N–H and O–H groups in total. The molecule has 1 aromatic carbocycles. The minimum atomic E-state index is -3.33. The molecule has 0 aliphatic heterocycles. The quantitative estimate of drug-likeness (QED) is 0.525. The lowest BCUT2D eigenvalue weighted by atomic mass is 9.92. The molecule has 1 atom stereocenters. The number of rotatable bonds is 8. The highest BCUT2D eigenvalue weighted by atomic mass is 32.2. The van der Waals surface area contributed by atoms with Crippen LogP contribution in [0.3, 0.4) is 0 Å². The third kappa shape index (κ3) is 5.42. The zero-order valence-electron chi connectivity index (χ0n) is 14.7. The van der Waals surface area contributed by atoms with E-state index in [0.717, 1.165) is 6.26 Å². The van der Waals surface area contributed by atoms with Crippen molar-refractivity contribution >= 4 is 21.6 Å². The molecular weight excluding hydrogens is 332 g/mol. The fraction of sp³-hybridized carbons (Fsp3) is 0.529. The third-order valence-corrected chi connectivity index (χ3v) is 4.70. The number of Topliss-reactive ketones (excluding diaryl/α,β-unsaturated/α-hetero) is 1. The van der Waals surface area contributed by atoms with E-state index < -0.39 is 21.4 Å². The largest absolute Gasteiger partial charge is 0.449 e. The molecule has 24 heavy (non-hydrogen) atoms. The fourth-order valence-electron chi connectivity index (χ4n) is 1.95. The van der Waals surface area contributed by atoms with Crippen molar-refractivity contribution in [1.82, 2.24) is 0 Å². The van der Waals surface area contributed by atoms with E-state index in [1.807, 2.05) is 0 Å². The van der Waals surface area contributed by atoms with Gasteiger partial charge in [0.05, 0.1) is 11.0 Å². The van der Waals surface area contributed by atoms with Gasteiger partial charge in [-0.2, -0.15) is 0 Å². The van der Waals surface area contributed by atoms with Gasteiger partial charge in [0.2, 0.25) is 5.78 Å². The van der Waals surface area contributed by atoms with Crippen LogP contribution in [0.25, 0.3) is 0 Å². The normalized spacial score (nSPS) is 14.2. The van der Waals surface area contributed by atoms with Gasteiger partial charge in [0.25, 0.3) is 0 Å². The minimum absolute atomic E-state index is 0.121. The van der Waals surface area contributed by atoms with Crippen molar-refractivity contribution in [3.63, 3.8) is 0 Å². The SMILES string of the molecule is CC[C@@](C)(OC(=O)COC(C)C)C(=O)c1ccc(S(C)(=O)=O)cc1. The smallest absolute Gasteiger partial charge is 0.333 e. The van der Waals surface area contributed by atoms with E-state index in [4.69, 9.17) is 9.47 Å². The first kappa shape index (κ1) is 20.3. The number of carbonyl (C=O) groups excluding carboxylic acids is 2. The van der Waals surface area contributed by atoms with Gasteiger partial charge in [0.15, 0.2) is 15.4 Å². The van der Waals surface area contributed by atoms with Crippen LogP contribution in [0.1, 0.15) is 44.5 Å². The average Bonchev–Trinajstić information content (AvgIpc) is 2.51. The first-order valence-corrected chi connectivity index (χ1v) is 9.57. The summed E-state index contributed by atoms with van der Waals surface area (Å²) in [5.74, 6) is -1.00. The molecule has 0 spiro atoms. The molecule has 0 fully saturated rings. The molecule has 0 aliphatic rings. The Labute approximate surface area is 143 Å². The van der Waals surface area contributed by atoms with Crippen LogP contribution in [0.15, 0.2) is 29.2 Å². The van der Waals surface area contributed by atoms with Crippen LogP contribution in [0, 0.1) is 0 Å². The molecule has 134 valence electrons. The number of ether oxygens (including phenoxy) is 2. The Hall–Kier alpha value is -1.73. The number of benzene rings is 1. The van der Waals surface area contributed by atoms with Gasteiger partial charge < -0.3 is 9.47 Å². The molecule has 0 saturated carbocycles. The number of hydrogen-bond acceptors (Lipinski definition) is 6. The lowest BCUT2D eigenvalue weighted by Crippen LogP contribution is -2.41. The number of ketones is 1. The molecule has 0 radical (unpaired) electrons. The van der Waals surface area contributed by atoms with Crippen molar-refractivity contribution in [2.45, 2.75) is 50.7 Å². The lowest BCUT2D eigenvalue weighted by molar-refractivity contribution is -0.161. The fourth-order valence-corrected chi connectivity index (χ4v) is 2.58. The second-order valence-electron chi connectivity index (χ2n) is 6.04. The van der Waals surface area contributed by atoms with Crippen LogP contribution in [-0.2, 0) is 24.1 Å². The number of esters is 1. The zero-order chi connectivity index (χ0) is 18.5. The van der Waals surface area contributed by atoms with Crippen molar-refractivity contribution in [2.75, 3.05) is 12.9 Å². The first-order valence-electron chi connectivity index (χ1n) is 7.68. The van der Waals surface area contributed by atoms with Crippen LogP contribution in [0.5, 0.6) is 0 Å². The van der Waals surface area contributed by atoms with Gasteiger partial charge in [0.1, 0.15) is 6.61 Å². The molecule has 0 bridgehead atoms. The maximum atomic E-state index is 12.7. The summed E-state index contributed by atoms with van der Waals surface area (Å²) in [7, 11) is -3.33. The van der Waals surface area contributed by atoms with E-state index in [2.05, 4.69) is 0 Å². The standard InChI is InChI=1S/C17H24O6S/c1-6-17(4,23-15(18)11-22-12(2)3)16(19)13-7-9-14(10-8-13)24(5,20)21/h7-10,12H,6,11H2,1-5H3/t17-/m1/s1. The Bertz CT molecular complexity index is 690. The molecule has 1 rings (SSSR count). The van der Waals surface area contributed by atoms with E-state index in [0.29, 0.717) is 0 Å². The molecular formula is C17H24O6S. The number of hydrogen-bond donors (Lipinski definition) is 0. The zero-order valence-corrected chi connectivity index (χ0v) is 15.5. The molecule has 0 saturated heterocycles. The van der Waals surface area contributed by atoms with E-state index >= 15 is 0 Å². The highest BCUT2D eigenvalue weighted by Crippen LogP contribution is 2.23. The Kier molecular flexibility index (Phi) is 6.68. The van der Waals surface area contributed by atoms with Crippen LogP contribution >= 0.6 is 0 Å². The summed E-state index contributed by atoms with van der Waals surface area (Å²) in [6.45, 7) is 6.63. The Balaban J connectivity index is 2.94. The molecule has 6 nitrogen and oxygen atoms in total. The van der Waals surface area contributed by atoms with Crippen LogP contribution in [-0.4, -0.2) is 44.7 Å². The lowest BCUT2D eigenvalue weighted by Gasteiger charge is -2.27. The Morgan fingerprint density at radius 1 is 1.17 bits per heavy atom. The van der Waals surface area contributed by atoms with E-state index in [1.54, 1.807) is 20.8 Å². The summed E-state index contributed by atoms with van der Waals surface area (Å²) in [5, 5.41) is 0. The van der Waals surface area contributed by atoms with Gasteiger partial charge in [-0.05, 0) is 51.5 Å². The first-order chi connectivity index (χ1) is 11.0. The Morgan fingerprint density at radius 3 is 2.12 bits per heavy atom. The molecule has 0 aliphatic carbocycles. The third-order valence-electron chi connectivity index (χ3n) is 3.57. The van der Waals surface area contributed by atoms with Gasteiger partial charge in [-0.25, -0.2) is 13.2 Å². The summed E-state index contributed by atoms with van der Waals surface area (Å²) in [4.78, 5) is 24.7. The predicted molar refractivity (Wildman–Crippen MR) is 89.8 cm³/mol. The van der Waals surface area contributed by atoms with Crippen molar-refractivity contribution in [1.29, 1.82) is 0 Å². The average molecular weight is 356 g/mol. The van der Waals surface area contributed by atoms with Gasteiger partial charge in [-0.3, -0.25) is 4.79 Å². The highest BCUT2D eigenvalue weighted by Gasteiger charge is 2.36. The second-order valence-corrected chi connectivity index (χ2v) is 8.06. The summed E-state index contributed by atoms with van der Waals surface area (Å²) >= 11 is 0. The molecule has 0 unspecified atom stereocenters. The van der Waals surface area contributed by atoms with Crippen molar-refractivity contribution in [2.24, 2.45) is 0 Å². The second kappa shape index (κ2) is 7.90. The summed E-state index contributed by atoms with van der Waals surface area (Å²) in [5.41, 5.74) is -1.05.